The fourth-order valence-electron chi connectivity index (χ4n) is 6.88. The molecule has 1 aliphatic rings. The van der Waals surface area contributed by atoms with E-state index < -0.39 is 14.1 Å². The van der Waals surface area contributed by atoms with Crippen molar-refractivity contribution in [3.05, 3.63) is 144 Å². The standard InChI is InChI=1S/C36H44N2P2/c1-5-37(6-2)39(29-31-21-13-9-14-22-31)35(33-25-17-11-18-26-33)40(38(7-3)8-4,30-32-23-15-10-16-24-32)36(39)34-27-19-12-20-28-34/h9-28H,5-8,29-30H2,1-4H3. The van der Waals surface area contributed by atoms with Crippen molar-refractivity contribution < 1.29 is 0 Å². The molecule has 0 unspecified atom stereocenters. The van der Waals surface area contributed by atoms with Gasteiger partial charge in [-0.15, -0.1) is 0 Å². The zero-order chi connectivity index (χ0) is 28.0. The second kappa shape index (κ2) is 12.9. The molecule has 0 aliphatic carbocycles. The van der Waals surface area contributed by atoms with Gasteiger partial charge in [-0.05, 0) is 62.5 Å². The van der Waals surface area contributed by atoms with Gasteiger partial charge in [0.05, 0.1) is 0 Å². The molecule has 0 N–H and O–H groups in total. The topological polar surface area (TPSA) is 6.48 Å². The van der Waals surface area contributed by atoms with Crippen LogP contribution in [0.3, 0.4) is 0 Å². The molecule has 0 aromatic heterocycles. The average Bonchev–Trinajstić information content (AvgIpc) is 3.00. The maximum Gasteiger partial charge on any atom is 0.0131 e. The minimum Gasteiger partial charge on any atom is -0.279 e. The first kappa shape index (κ1) is 28.9. The molecule has 0 atom stereocenters. The van der Waals surface area contributed by atoms with Gasteiger partial charge in [0.15, 0.2) is 0 Å². The molecular weight excluding hydrogens is 522 g/mol. The van der Waals surface area contributed by atoms with E-state index in [-0.39, 0.29) is 0 Å². The van der Waals surface area contributed by atoms with E-state index in [4.69, 9.17) is 0 Å². The Morgan fingerprint density at radius 3 is 0.950 bits per heavy atom. The monoisotopic (exact) mass is 566 g/mol. The molecule has 0 spiro atoms. The van der Waals surface area contributed by atoms with Gasteiger partial charge >= 0.3 is 0 Å². The zero-order valence-corrected chi connectivity index (χ0v) is 26.4. The van der Waals surface area contributed by atoms with Gasteiger partial charge < -0.3 is 0 Å². The molecule has 208 valence electrons. The lowest BCUT2D eigenvalue weighted by atomic mass is 10.2. The van der Waals surface area contributed by atoms with Crippen LogP contribution < -0.4 is 0 Å². The maximum atomic E-state index is 2.87. The Kier molecular flexibility index (Phi) is 9.34. The highest BCUT2D eigenvalue weighted by Gasteiger charge is 2.53. The molecule has 5 rings (SSSR count). The lowest BCUT2D eigenvalue weighted by Crippen LogP contribution is -2.43. The van der Waals surface area contributed by atoms with Crippen LogP contribution in [0.2, 0.25) is 0 Å². The number of benzene rings is 4. The van der Waals surface area contributed by atoms with Crippen LogP contribution in [0.25, 0.3) is 0 Å². The molecule has 0 radical (unpaired) electrons. The van der Waals surface area contributed by atoms with E-state index in [9.17, 15) is 0 Å². The summed E-state index contributed by atoms with van der Waals surface area (Å²) in [6.45, 7) is 13.7. The van der Waals surface area contributed by atoms with Gasteiger partial charge in [0.2, 0.25) is 0 Å². The summed E-state index contributed by atoms with van der Waals surface area (Å²) < 4.78 is 5.74. The Balaban J connectivity index is 1.98. The molecule has 4 heteroatoms. The molecule has 0 amide bonds. The van der Waals surface area contributed by atoms with Crippen LogP contribution >= 0.6 is 14.1 Å². The molecule has 4 aromatic carbocycles. The molecule has 0 bridgehead atoms. The molecule has 40 heavy (non-hydrogen) atoms. The van der Waals surface area contributed by atoms with Crippen LogP contribution in [0.4, 0.5) is 0 Å². The fraction of sp³-hybridized carbons (Fsp3) is 0.278. The van der Waals surface area contributed by atoms with Crippen molar-refractivity contribution in [3.8, 4) is 0 Å². The molecule has 1 aliphatic heterocycles. The average molecular weight is 567 g/mol. The van der Waals surface area contributed by atoms with Crippen LogP contribution in [-0.2, 0) is 12.3 Å². The van der Waals surface area contributed by atoms with Crippen molar-refractivity contribution >= 4 is 24.1 Å². The summed E-state index contributed by atoms with van der Waals surface area (Å²) in [5, 5.41) is 3.53. The predicted molar refractivity (Wildman–Crippen MR) is 181 cm³/mol. The highest BCUT2D eigenvalue weighted by Crippen LogP contribution is 2.83. The van der Waals surface area contributed by atoms with Gasteiger partial charge in [0.25, 0.3) is 0 Å². The number of rotatable bonds is 12. The van der Waals surface area contributed by atoms with Crippen molar-refractivity contribution in [2.75, 3.05) is 26.2 Å². The van der Waals surface area contributed by atoms with E-state index in [0.29, 0.717) is 0 Å². The van der Waals surface area contributed by atoms with Crippen molar-refractivity contribution in [2.24, 2.45) is 0 Å². The van der Waals surface area contributed by atoms with Crippen molar-refractivity contribution in [1.82, 2.24) is 9.34 Å². The molecule has 0 fully saturated rings. The smallest absolute Gasteiger partial charge is 0.0131 e. The molecule has 0 saturated heterocycles. The highest BCUT2D eigenvalue weighted by atomic mass is 31.2. The third-order valence-corrected chi connectivity index (χ3v) is 20.9. The van der Waals surface area contributed by atoms with Gasteiger partial charge in [0, 0.05) is 22.4 Å². The number of nitrogens with zero attached hydrogens (tertiary/aromatic N) is 2. The second-order valence-corrected chi connectivity index (χ2v) is 17.8. The molecule has 0 saturated carbocycles. The Hall–Kier alpha value is -2.60. The predicted octanol–water partition coefficient (Wildman–Crippen LogP) is 9.31. The summed E-state index contributed by atoms with van der Waals surface area (Å²) in [4.78, 5) is 0. The van der Waals surface area contributed by atoms with Gasteiger partial charge in [-0.25, -0.2) is 0 Å². The first-order chi connectivity index (χ1) is 19.6. The van der Waals surface area contributed by atoms with Crippen molar-refractivity contribution in [2.45, 2.75) is 40.0 Å². The number of hydrogen-bond acceptors (Lipinski definition) is 2. The minimum absolute atomic E-state index is 1.05. The summed E-state index contributed by atoms with van der Waals surface area (Å²) in [6.07, 6.45) is 2.17. The van der Waals surface area contributed by atoms with Gasteiger partial charge in [-0.3, -0.25) is 9.34 Å². The Morgan fingerprint density at radius 2 is 0.675 bits per heavy atom. The van der Waals surface area contributed by atoms with Crippen molar-refractivity contribution in [1.29, 1.82) is 0 Å². The molecule has 2 nitrogen and oxygen atoms in total. The maximum absolute atomic E-state index is 2.87. The second-order valence-electron chi connectivity index (χ2n) is 10.5. The van der Waals surface area contributed by atoms with Crippen LogP contribution in [0.1, 0.15) is 49.9 Å². The highest BCUT2D eigenvalue weighted by molar-refractivity contribution is 8.24. The van der Waals surface area contributed by atoms with Crippen LogP contribution in [0.15, 0.2) is 121 Å². The Bertz CT molecular complexity index is 1350. The van der Waals surface area contributed by atoms with E-state index in [0.717, 1.165) is 38.5 Å². The van der Waals surface area contributed by atoms with E-state index in [1.807, 2.05) is 0 Å². The SMILES string of the molecule is CCN(CC)P1(Cc2ccccc2)=C(c2ccccc2)P(Cc2ccccc2)(N(CC)CC)=C1c1ccccc1. The van der Waals surface area contributed by atoms with Gasteiger partial charge in [0.1, 0.15) is 0 Å². The molecule has 1 heterocycles. The Labute approximate surface area is 242 Å². The van der Waals surface area contributed by atoms with Crippen LogP contribution in [0.5, 0.6) is 0 Å². The van der Waals surface area contributed by atoms with Gasteiger partial charge in [-0.1, -0.05) is 149 Å². The van der Waals surface area contributed by atoms with E-state index in [2.05, 4.69) is 158 Å². The lowest BCUT2D eigenvalue weighted by molar-refractivity contribution is 0.502. The Morgan fingerprint density at radius 1 is 0.400 bits per heavy atom. The largest absolute Gasteiger partial charge is 0.279 e. The van der Waals surface area contributed by atoms with E-state index in [1.54, 1.807) is 10.1 Å². The quantitative estimate of drug-likeness (QED) is 0.158. The first-order valence-corrected chi connectivity index (χ1v) is 18.7. The summed E-state index contributed by atoms with van der Waals surface area (Å²) in [6, 6.07) is 45.6. The third kappa shape index (κ3) is 5.01. The summed E-state index contributed by atoms with van der Waals surface area (Å²) >= 11 is 0. The minimum atomic E-state index is -1.93. The molecular formula is C36H44N2P2. The summed E-state index contributed by atoms with van der Waals surface area (Å²) in [5.41, 5.74) is 5.80. The summed E-state index contributed by atoms with van der Waals surface area (Å²) in [5.74, 6) is 0. The third-order valence-electron chi connectivity index (χ3n) is 8.40. The fourth-order valence-corrected chi connectivity index (χ4v) is 22.3. The van der Waals surface area contributed by atoms with E-state index >= 15 is 0 Å². The van der Waals surface area contributed by atoms with Crippen molar-refractivity contribution in [3.63, 3.8) is 0 Å². The lowest BCUT2D eigenvalue weighted by Gasteiger charge is -2.59. The van der Waals surface area contributed by atoms with E-state index in [1.165, 1.54) is 22.3 Å². The van der Waals surface area contributed by atoms with Crippen LogP contribution in [-0.4, -0.2) is 45.6 Å². The first-order valence-electron chi connectivity index (χ1n) is 14.9. The summed E-state index contributed by atoms with van der Waals surface area (Å²) in [7, 11) is -3.86. The number of hydrogen-bond donors (Lipinski definition) is 0. The molecule has 4 aromatic rings. The van der Waals surface area contributed by atoms with Gasteiger partial charge in [-0.2, -0.15) is 0 Å². The van der Waals surface area contributed by atoms with Crippen LogP contribution in [0, 0.1) is 0 Å². The normalized spacial score (nSPS) is 20.6. The zero-order valence-electron chi connectivity index (χ0n) is 24.6.